The van der Waals surface area contributed by atoms with Crippen LogP contribution >= 0.6 is 11.3 Å². The predicted molar refractivity (Wildman–Crippen MR) is 140 cm³/mol. The van der Waals surface area contributed by atoms with Gasteiger partial charge >= 0.3 is 17.6 Å². The Morgan fingerprint density at radius 1 is 1.24 bits per heavy atom. The lowest BCUT2D eigenvalue weighted by Gasteiger charge is -2.25. The molecule has 0 amide bonds. The number of rotatable bonds is 11. The summed E-state index contributed by atoms with van der Waals surface area (Å²) in [6.07, 6.45) is -0.722. The van der Waals surface area contributed by atoms with Crippen LogP contribution < -0.4 is 16.0 Å². The Hall–Kier alpha value is -3.95. The molecule has 0 unspecified atom stereocenters. The fourth-order valence-electron chi connectivity index (χ4n) is 4.07. The molecular formula is C26H29N3O8S. The van der Waals surface area contributed by atoms with Crippen LogP contribution in [0.4, 0.5) is 0 Å². The quantitative estimate of drug-likeness (QED) is 0.284. The van der Waals surface area contributed by atoms with E-state index in [1.807, 2.05) is 6.07 Å². The smallest absolute Gasteiger partial charge is 0.348 e. The molecule has 0 saturated carbocycles. The Morgan fingerprint density at radius 3 is 2.53 bits per heavy atom. The van der Waals surface area contributed by atoms with Crippen LogP contribution in [0.25, 0.3) is 10.2 Å². The van der Waals surface area contributed by atoms with Gasteiger partial charge in [-0.25, -0.2) is 19.0 Å². The molecule has 1 N–H and O–H groups in total. The third kappa shape index (κ3) is 5.20. The zero-order valence-electron chi connectivity index (χ0n) is 21.8. The second kappa shape index (κ2) is 11.6. The van der Waals surface area contributed by atoms with Crippen molar-refractivity contribution in [2.24, 2.45) is 0 Å². The van der Waals surface area contributed by atoms with Crippen LogP contribution in [-0.2, 0) is 26.4 Å². The number of methoxy groups -OCH3 is 1. The van der Waals surface area contributed by atoms with E-state index in [4.69, 9.17) is 19.5 Å². The van der Waals surface area contributed by atoms with Crippen LogP contribution in [0.1, 0.15) is 54.1 Å². The number of aliphatic carboxylic acids is 1. The minimum absolute atomic E-state index is 0.0442. The lowest BCUT2D eigenvalue weighted by Crippen LogP contribution is -2.52. The van der Waals surface area contributed by atoms with Gasteiger partial charge in [-0.15, -0.1) is 11.3 Å². The predicted octanol–water partition coefficient (Wildman–Crippen LogP) is 3.21. The van der Waals surface area contributed by atoms with Crippen molar-refractivity contribution >= 4 is 33.5 Å². The van der Waals surface area contributed by atoms with Crippen molar-refractivity contribution in [1.82, 2.24) is 9.13 Å². The summed E-state index contributed by atoms with van der Waals surface area (Å²) < 4.78 is 18.5. The minimum Gasteiger partial charge on any atom is -0.496 e. The largest absolute Gasteiger partial charge is 0.496 e. The first-order valence-electron chi connectivity index (χ1n) is 11.8. The monoisotopic (exact) mass is 543 g/mol. The summed E-state index contributed by atoms with van der Waals surface area (Å²) >= 11 is 0.919. The Labute approximate surface area is 222 Å². The lowest BCUT2D eigenvalue weighted by molar-refractivity contribution is -0.146. The number of fused-ring (bicyclic) bond motifs is 1. The Morgan fingerprint density at radius 2 is 1.92 bits per heavy atom. The zero-order valence-corrected chi connectivity index (χ0v) is 22.6. The summed E-state index contributed by atoms with van der Waals surface area (Å²) in [6, 6.07) is 9.01. The number of carboxylic acids is 1. The number of carbonyl (C=O) groups is 2. The molecule has 3 aromatic rings. The molecule has 2 heterocycles. The normalized spacial score (nSPS) is 12.2. The van der Waals surface area contributed by atoms with Gasteiger partial charge in [-0.05, 0) is 39.3 Å². The Kier molecular flexibility index (Phi) is 8.75. The van der Waals surface area contributed by atoms with Crippen molar-refractivity contribution in [2.75, 3.05) is 20.3 Å². The van der Waals surface area contributed by atoms with E-state index < -0.39 is 34.8 Å². The zero-order chi connectivity index (χ0) is 28.2. The molecule has 2 aromatic heterocycles. The van der Waals surface area contributed by atoms with Gasteiger partial charge in [0.05, 0.1) is 44.7 Å². The van der Waals surface area contributed by atoms with Crippen LogP contribution in [0.5, 0.6) is 5.75 Å². The number of carboxylic acid groups (broad SMARTS) is 1. The highest BCUT2D eigenvalue weighted by Gasteiger charge is 2.36. The summed E-state index contributed by atoms with van der Waals surface area (Å²) in [6.45, 7) is 5.72. The van der Waals surface area contributed by atoms with Gasteiger partial charge in [-0.3, -0.25) is 9.36 Å². The molecule has 0 aliphatic carbocycles. The van der Waals surface area contributed by atoms with E-state index in [1.54, 1.807) is 38.1 Å². The highest BCUT2D eigenvalue weighted by molar-refractivity contribution is 7.20. The Balaban J connectivity index is 2.37. The fourth-order valence-corrected chi connectivity index (χ4v) is 5.27. The van der Waals surface area contributed by atoms with Crippen LogP contribution in [-0.4, -0.2) is 46.5 Å². The number of benzene rings is 1. The van der Waals surface area contributed by atoms with Crippen LogP contribution in [0.3, 0.4) is 0 Å². The van der Waals surface area contributed by atoms with Crippen molar-refractivity contribution < 1.29 is 28.9 Å². The standard InChI is InChI=1S/C26H29N3O8S/c1-6-36-23(31)20-15(2)19-21(30)29(26(3,4)24(32)33)25(34)28(22(19)38-20)14-18(37-13-9-12-27)16-10-7-8-11-17(16)35-5/h7-8,10-11,18H,6,9,13-14H2,1-5H3,(H,32,33)/t18-/m0/s1. The van der Waals surface area contributed by atoms with Crippen molar-refractivity contribution in [3.05, 3.63) is 61.1 Å². The highest BCUT2D eigenvalue weighted by atomic mass is 32.1. The number of thiophene rings is 1. The molecule has 0 spiro atoms. The first kappa shape index (κ1) is 28.6. The maximum Gasteiger partial charge on any atom is 0.348 e. The van der Waals surface area contributed by atoms with Crippen LogP contribution in [0.2, 0.25) is 0 Å². The van der Waals surface area contributed by atoms with Gasteiger partial charge in [0.2, 0.25) is 0 Å². The highest BCUT2D eigenvalue weighted by Crippen LogP contribution is 2.33. The van der Waals surface area contributed by atoms with E-state index >= 15 is 0 Å². The number of ether oxygens (including phenoxy) is 3. The van der Waals surface area contributed by atoms with Crippen molar-refractivity contribution in [2.45, 2.75) is 52.3 Å². The molecule has 3 rings (SSSR count). The molecule has 0 aliphatic rings. The summed E-state index contributed by atoms with van der Waals surface area (Å²) in [5.41, 5.74) is -2.73. The van der Waals surface area contributed by atoms with Crippen LogP contribution in [0, 0.1) is 18.3 Å². The molecule has 0 bridgehead atoms. The van der Waals surface area contributed by atoms with E-state index in [0.29, 0.717) is 15.9 Å². The van der Waals surface area contributed by atoms with E-state index in [1.165, 1.54) is 25.5 Å². The first-order valence-corrected chi connectivity index (χ1v) is 12.6. The summed E-state index contributed by atoms with van der Waals surface area (Å²) in [5.74, 6) is -1.56. The van der Waals surface area contributed by atoms with Crippen LogP contribution in [0.15, 0.2) is 33.9 Å². The summed E-state index contributed by atoms with van der Waals surface area (Å²) in [5, 5.41) is 18.9. The molecule has 0 radical (unpaired) electrons. The molecule has 12 heteroatoms. The molecule has 0 saturated heterocycles. The number of nitriles is 1. The number of aryl methyl sites for hydroxylation is 1. The second-order valence-electron chi connectivity index (χ2n) is 8.86. The number of para-hydroxylation sites is 1. The second-order valence-corrected chi connectivity index (χ2v) is 9.86. The van der Waals surface area contributed by atoms with Gasteiger partial charge in [-0.2, -0.15) is 5.26 Å². The number of esters is 1. The third-order valence-corrected chi connectivity index (χ3v) is 7.42. The summed E-state index contributed by atoms with van der Waals surface area (Å²) in [4.78, 5) is 52.5. The van der Waals surface area contributed by atoms with Crippen molar-refractivity contribution in [3.63, 3.8) is 0 Å². The van der Waals surface area contributed by atoms with E-state index in [0.717, 1.165) is 11.3 Å². The van der Waals surface area contributed by atoms with Gasteiger partial charge in [0.15, 0.2) is 0 Å². The molecule has 38 heavy (non-hydrogen) atoms. The SMILES string of the molecule is CCOC(=O)c1sc2c(c1C)c(=O)n(C(C)(C)C(=O)O)c(=O)n2C[C@H](OCCC#N)c1ccccc1OC. The minimum atomic E-state index is -1.90. The molecule has 1 aromatic carbocycles. The molecule has 11 nitrogen and oxygen atoms in total. The van der Waals surface area contributed by atoms with E-state index in [9.17, 15) is 24.3 Å². The number of nitrogens with zero attached hydrogens (tertiary/aromatic N) is 3. The molecule has 0 fully saturated rings. The van der Waals surface area contributed by atoms with E-state index in [2.05, 4.69) is 0 Å². The Bertz CT molecular complexity index is 1530. The number of carbonyl (C=O) groups excluding carboxylic acids is 1. The fraction of sp³-hybridized carbons (Fsp3) is 0.423. The average molecular weight is 544 g/mol. The van der Waals surface area contributed by atoms with Gasteiger partial charge in [0.1, 0.15) is 27.1 Å². The molecular weight excluding hydrogens is 514 g/mol. The lowest BCUT2D eigenvalue weighted by atomic mass is 10.1. The number of aromatic nitrogens is 2. The van der Waals surface area contributed by atoms with Gasteiger partial charge < -0.3 is 19.3 Å². The number of hydrogen-bond acceptors (Lipinski definition) is 9. The maximum atomic E-state index is 13.8. The summed E-state index contributed by atoms with van der Waals surface area (Å²) in [7, 11) is 1.49. The van der Waals surface area contributed by atoms with Gasteiger partial charge in [-0.1, -0.05) is 18.2 Å². The number of hydrogen-bond donors (Lipinski definition) is 1. The van der Waals surface area contributed by atoms with Gasteiger partial charge in [0, 0.05) is 5.56 Å². The van der Waals surface area contributed by atoms with Gasteiger partial charge in [0.25, 0.3) is 5.56 Å². The van der Waals surface area contributed by atoms with Crippen molar-refractivity contribution in [3.8, 4) is 11.8 Å². The molecule has 0 aliphatic heterocycles. The maximum absolute atomic E-state index is 13.8. The molecule has 1 atom stereocenters. The average Bonchev–Trinajstić information content (AvgIpc) is 3.22. The molecule has 202 valence electrons. The van der Waals surface area contributed by atoms with Crippen molar-refractivity contribution in [1.29, 1.82) is 5.26 Å². The third-order valence-electron chi connectivity index (χ3n) is 6.12. The first-order chi connectivity index (χ1) is 18.0. The van der Waals surface area contributed by atoms with E-state index in [-0.39, 0.29) is 46.8 Å². The topological polar surface area (TPSA) is 150 Å².